The monoisotopic (exact) mass is 410 g/mol. The van der Waals surface area contributed by atoms with Crippen LogP contribution in [-0.4, -0.2) is 27.2 Å². The highest BCUT2D eigenvalue weighted by Crippen LogP contribution is 2.36. The Morgan fingerprint density at radius 1 is 1.18 bits per heavy atom. The molecule has 0 bridgehead atoms. The van der Waals surface area contributed by atoms with Crippen LogP contribution in [0.5, 0.6) is 5.88 Å². The molecule has 1 aliphatic heterocycles. The third kappa shape index (κ3) is 4.54. The Kier molecular flexibility index (Phi) is 6.24. The predicted octanol–water partition coefficient (Wildman–Crippen LogP) is 5.73. The highest BCUT2D eigenvalue weighted by atomic mass is 32.2. The van der Waals surface area contributed by atoms with Gasteiger partial charge in [0.2, 0.25) is 11.0 Å². The lowest BCUT2D eigenvalue weighted by Crippen LogP contribution is -2.23. The van der Waals surface area contributed by atoms with Crippen molar-refractivity contribution in [1.82, 2.24) is 15.2 Å². The third-order valence-electron chi connectivity index (χ3n) is 4.31. The Morgan fingerprint density at radius 2 is 2.11 bits per heavy atom. The van der Waals surface area contributed by atoms with Crippen molar-refractivity contribution in [2.45, 2.75) is 37.6 Å². The fourth-order valence-corrected chi connectivity index (χ4v) is 4.31. The summed E-state index contributed by atoms with van der Waals surface area (Å²) >= 11 is 3.32. The van der Waals surface area contributed by atoms with Crippen LogP contribution in [0.15, 0.2) is 53.0 Å². The minimum Gasteiger partial charge on any atom is -0.448 e. The molecule has 5 nitrogen and oxygen atoms in total. The Balaban J connectivity index is 1.61. The average Bonchev–Trinajstić information content (AvgIpc) is 3.18. The lowest BCUT2D eigenvalue weighted by molar-refractivity contribution is 0.266. The van der Waals surface area contributed by atoms with E-state index in [-0.39, 0.29) is 6.23 Å². The van der Waals surface area contributed by atoms with Crippen LogP contribution >= 0.6 is 23.1 Å². The Labute approximate surface area is 173 Å². The third-order valence-corrected chi connectivity index (χ3v) is 6.07. The molecule has 0 unspecified atom stereocenters. The van der Waals surface area contributed by atoms with Gasteiger partial charge < -0.3 is 10.1 Å². The molecular weight excluding hydrogens is 388 g/mol. The van der Waals surface area contributed by atoms with Crippen LogP contribution in [0, 0.1) is 0 Å². The minimum absolute atomic E-state index is 0.334. The van der Waals surface area contributed by atoms with Gasteiger partial charge in [0.1, 0.15) is 0 Å². The molecule has 1 atom stereocenters. The summed E-state index contributed by atoms with van der Waals surface area (Å²) in [6, 6.07) is 12.1. The van der Waals surface area contributed by atoms with Gasteiger partial charge in [-0.15, -0.1) is 21.5 Å². The van der Waals surface area contributed by atoms with Crippen molar-refractivity contribution in [2.24, 2.45) is 0 Å². The number of anilines is 1. The second kappa shape index (κ2) is 9.21. The molecule has 7 heteroatoms. The van der Waals surface area contributed by atoms with Crippen molar-refractivity contribution in [3.8, 4) is 17.1 Å². The van der Waals surface area contributed by atoms with Crippen LogP contribution in [0.25, 0.3) is 17.3 Å². The van der Waals surface area contributed by atoms with E-state index in [9.17, 15) is 0 Å². The Hall–Kier alpha value is -2.38. The summed E-state index contributed by atoms with van der Waals surface area (Å²) in [6.45, 7) is 2.20. The van der Waals surface area contributed by atoms with Crippen molar-refractivity contribution >= 4 is 34.9 Å². The fourth-order valence-electron chi connectivity index (χ4n) is 2.90. The predicted molar refractivity (Wildman–Crippen MR) is 117 cm³/mol. The number of benzene rings is 1. The Morgan fingerprint density at radius 3 is 2.96 bits per heavy atom. The molecule has 3 heterocycles. The quantitative estimate of drug-likeness (QED) is 0.397. The van der Waals surface area contributed by atoms with Crippen molar-refractivity contribution < 1.29 is 4.74 Å². The zero-order valence-corrected chi connectivity index (χ0v) is 17.3. The summed E-state index contributed by atoms with van der Waals surface area (Å²) in [6.07, 6.45) is 7.31. The van der Waals surface area contributed by atoms with Gasteiger partial charge in [0.05, 0.1) is 0 Å². The summed E-state index contributed by atoms with van der Waals surface area (Å²) in [5, 5.41) is 14.9. The number of nitrogens with zero attached hydrogens (tertiary/aromatic N) is 3. The number of aromatic nitrogens is 3. The van der Waals surface area contributed by atoms with E-state index in [1.807, 2.05) is 36.4 Å². The molecule has 4 rings (SSSR count). The molecule has 144 valence electrons. The van der Waals surface area contributed by atoms with Crippen LogP contribution in [0.4, 0.5) is 5.69 Å². The van der Waals surface area contributed by atoms with Gasteiger partial charge in [-0.1, -0.05) is 55.8 Å². The molecule has 0 saturated carbocycles. The van der Waals surface area contributed by atoms with Gasteiger partial charge in [-0.05, 0) is 36.1 Å². The topological polar surface area (TPSA) is 59.9 Å². The molecule has 0 spiro atoms. The van der Waals surface area contributed by atoms with E-state index in [1.165, 1.54) is 17.7 Å². The van der Waals surface area contributed by atoms with Gasteiger partial charge in [0.15, 0.2) is 11.9 Å². The summed E-state index contributed by atoms with van der Waals surface area (Å²) < 4.78 is 6.19. The number of thiophene rings is 1. The molecule has 1 aromatic carbocycles. The van der Waals surface area contributed by atoms with Crippen LogP contribution in [0.1, 0.15) is 31.1 Å². The number of nitrogens with one attached hydrogen (secondary N) is 1. The maximum absolute atomic E-state index is 6.19. The minimum atomic E-state index is -0.334. The van der Waals surface area contributed by atoms with Crippen molar-refractivity contribution in [2.75, 3.05) is 11.1 Å². The second-order valence-electron chi connectivity index (χ2n) is 6.41. The first-order chi connectivity index (χ1) is 13.8. The summed E-state index contributed by atoms with van der Waals surface area (Å²) in [7, 11) is 0. The summed E-state index contributed by atoms with van der Waals surface area (Å²) in [5.41, 5.74) is 2.58. The lowest BCUT2D eigenvalue weighted by atomic mass is 10.1. The lowest BCUT2D eigenvalue weighted by Gasteiger charge is -2.15. The van der Waals surface area contributed by atoms with Crippen LogP contribution in [-0.2, 0) is 0 Å². The fraction of sp³-hybridized carbons (Fsp3) is 0.286. The number of ether oxygens (including phenoxy) is 1. The summed E-state index contributed by atoms with van der Waals surface area (Å²) in [4.78, 5) is 5.84. The van der Waals surface area contributed by atoms with Gasteiger partial charge in [-0.2, -0.15) is 4.98 Å². The first kappa shape index (κ1) is 19.0. The molecule has 0 saturated heterocycles. The number of rotatable bonds is 7. The van der Waals surface area contributed by atoms with E-state index < -0.39 is 0 Å². The molecule has 28 heavy (non-hydrogen) atoms. The maximum Gasteiger partial charge on any atom is 0.247 e. The molecule has 1 aliphatic rings. The number of unbranched alkanes of at least 4 members (excludes halogenated alkanes) is 2. The van der Waals surface area contributed by atoms with Crippen LogP contribution < -0.4 is 10.1 Å². The van der Waals surface area contributed by atoms with Crippen molar-refractivity contribution in [3.63, 3.8) is 0 Å². The normalized spacial score (nSPS) is 15.4. The van der Waals surface area contributed by atoms with Gasteiger partial charge in [0, 0.05) is 21.9 Å². The number of thioether (sulfide) groups is 1. The highest BCUT2D eigenvalue weighted by molar-refractivity contribution is 7.99. The number of fused-ring (bicyclic) bond motifs is 3. The van der Waals surface area contributed by atoms with E-state index in [4.69, 9.17) is 4.74 Å². The van der Waals surface area contributed by atoms with E-state index in [1.54, 1.807) is 23.1 Å². The molecule has 0 radical (unpaired) electrons. The van der Waals surface area contributed by atoms with Gasteiger partial charge in [-0.25, -0.2) is 0 Å². The summed E-state index contributed by atoms with van der Waals surface area (Å²) in [5.74, 6) is 1.51. The molecular formula is C21H22N4OS2. The zero-order valence-electron chi connectivity index (χ0n) is 15.7. The maximum atomic E-state index is 6.19. The van der Waals surface area contributed by atoms with Crippen molar-refractivity contribution in [1.29, 1.82) is 0 Å². The van der Waals surface area contributed by atoms with Crippen LogP contribution in [0.2, 0.25) is 0 Å². The number of hydrogen-bond acceptors (Lipinski definition) is 7. The second-order valence-corrected chi connectivity index (χ2v) is 8.45. The van der Waals surface area contributed by atoms with Gasteiger partial charge in [-0.3, -0.25) is 0 Å². The molecule has 1 N–H and O–H groups in total. The van der Waals surface area contributed by atoms with Crippen molar-refractivity contribution in [3.05, 3.63) is 52.7 Å². The average molecular weight is 411 g/mol. The molecule has 2 aromatic heterocycles. The standard InChI is InChI=1S/C21H22N4OS2/c1-2-3-6-13-28-21-23-20-19(24-25-21)16-9-4-5-10-17(16)22-18(26-20)12-11-15-8-7-14-27-15/h4-5,7-12,14,18,22H,2-3,6,13H2,1H3/b12-11+/t18-/m0/s1. The molecule has 3 aromatic rings. The van der Waals surface area contributed by atoms with Gasteiger partial charge >= 0.3 is 0 Å². The SMILES string of the molecule is CCCCCSc1nnc2c(n1)O[C@@H](/C=C/c1cccs1)Nc1ccccc1-2. The molecule has 0 amide bonds. The smallest absolute Gasteiger partial charge is 0.247 e. The van der Waals surface area contributed by atoms with E-state index >= 15 is 0 Å². The zero-order chi connectivity index (χ0) is 19.2. The van der Waals surface area contributed by atoms with Gasteiger partial charge in [0.25, 0.3) is 0 Å². The van der Waals surface area contributed by atoms with E-state index in [0.29, 0.717) is 16.7 Å². The molecule has 0 aliphatic carbocycles. The highest BCUT2D eigenvalue weighted by Gasteiger charge is 2.23. The Bertz CT molecular complexity index is 943. The van der Waals surface area contributed by atoms with E-state index in [2.05, 4.69) is 44.9 Å². The van der Waals surface area contributed by atoms with Crippen LogP contribution in [0.3, 0.4) is 0 Å². The first-order valence-electron chi connectivity index (χ1n) is 9.45. The number of hydrogen-bond donors (Lipinski definition) is 1. The van der Waals surface area contributed by atoms with E-state index in [0.717, 1.165) is 23.4 Å². The number of para-hydroxylation sites is 1. The first-order valence-corrected chi connectivity index (χ1v) is 11.3. The molecule has 0 fully saturated rings. The largest absolute Gasteiger partial charge is 0.448 e.